The Hall–Kier alpha value is -2.62. The maximum Gasteiger partial charge on any atom is 0.254 e. The number of nitrogens with zero attached hydrogens (tertiary/aromatic N) is 1. The smallest absolute Gasteiger partial charge is 0.254 e. The van der Waals surface area contributed by atoms with E-state index in [0.717, 1.165) is 24.1 Å². The second-order valence-corrected chi connectivity index (χ2v) is 6.02. The highest BCUT2D eigenvalue weighted by atomic mass is 16.2. The van der Waals surface area contributed by atoms with Crippen LogP contribution in [-0.4, -0.2) is 29.3 Å². The Morgan fingerprint density at radius 3 is 2.54 bits per heavy atom. The first kappa shape index (κ1) is 16.2. The maximum atomic E-state index is 12.7. The van der Waals surface area contributed by atoms with Crippen LogP contribution in [0.5, 0.6) is 0 Å². The van der Waals surface area contributed by atoms with Crippen LogP contribution < -0.4 is 5.32 Å². The highest BCUT2D eigenvalue weighted by Crippen LogP contribution is 2.23. The third-order valence-corrected chi connectivity index (χ3v) is 4.49. The van der Waals surface area contributed by atoms with Crippen molar-refractivity contribution in [1.29, 1.82) is 0 Å². The standard InChI is InChI=1S/C20H22N2O2/c1-2-15-9-6-7-12-17(15)21-19(23)18-13-8-14-22(18)20(24)16-10-4-3-5-11-16/h3-7,9-12,18H,2,8,13-14H2,1H3,(H,21,23)/t18-/m1/s1. The molecule has 1 aliphatic heterocycles. The molecule has 1 heterocycles. The number of nitrogens with one attached hydrogen (secondary N) is 1. The topological polar surface area (TPSA) is 49.4 Å². The Bertz CT molecular complexity index is 727. The number of carbonyl (C=O) groups excluding carboxylic acids is 2. The van der Waals surface area contributed by atoms with Gasteiger partial charge < -0.3 is 10.2 Å². The summed E-state index contributed by atoms with van der Waals surface area (Å²) in [6.45, 7) is 2.69. The highest BCUT2D eigenvalue weighted by molar-refractivity contribution is 6.01. The van der Waals surface area contributed by atoms with Gasteiger partial charge in [-0.25, -0.2) is 0 Å². The Morgan fingerprint density at radius 1 is 1.08 bits per heavy atom. The van der Waals surface area contributed by atoms with Gasteiger partial charge in [0.25, 0.3) is 5.91 Å². The minimum absolute atomic E-state index is 0.0722. The lowest BCUT2D eigenvalue weighted by atomic mass is 10.1. The van der Waals surface area contributed by atoms with Crippen LogP contribution in [0, 0.1) is 0 Å². The van der Waals surface area contributed by atoms with Gasteiger partial charge in [-0.15, -0.1) is 0 Å². The van der Waals surface area contributed by atoms with Gasteiger partial charge in [0.1, 0.15) is 6.04 Å². The van der Waals surface area contributed by atoms with Gasteiger partial charge in [-0.3, -0.25) is 9.59 Å². The number of anilines is 1. The zero-order valence-corrected chi connectivity index (χ0v) is 13.9. The molecule has 1 fully saturated rings. The summed E-state index contributed by atoms with van der Waals surface area (Å²) in [5.41, 5.74) is 2.57. The number of benzene rings is 2. The normalized spacial score (nSPS) is 16.9. The van der Waals surface area contributed by atoms with E-state index in [1.807, 2.05) is 42.5 Å². The molecule has 0 unspecified atom stereocenters. The summed E-state index contributed by atoms with van der Waals surface area (Å²) < 4.78 is 0. The van der Waals surface area contributed by atoms with Crippen LogP contribution in [0.15, 0.2) is 54.6 Å². The molecule has 124 valence electrons. The summed E-state index contributed by atoms with van der Waals surface area (Å²) in [6, 6.07) is 16.6. The number of hydrogen-bond donors (Lipinski definition) is 1. The average molecular weight is 322 g/mol. The van der Waals surface area contributed by atoms with E-state index < -0.39 is 6.04 Å². The van der Waals surface area contributed by atoms with E-state index in [2.05, 4.69) is 12.2 Å². The summed E-state index contributed by atoms with van der Waals surface area (Å²) in [4.78, 5) is 27.1. The van der Waals surface area contributed by atoms with E-state index >= 15 is 0 Å². The molecule has 4 heteroatoms. The number of likely N-dealkylation sites (tertiary alicyclic amines) is 1. The lowest BCUT2D eigenvalue weighted by molar-refractivity contribution is -0.119. The van der Waals surface area contributed by atoms with Crippen LogP contribution in [-0.2, 0) is 11.2 Å². The zero-order chi connectivity index (χ0) is 16.9. The molecular formula is C20H22N2O2. The Balaban J connectivity index is 1.75. The van der Waals surface area contributed by atoms with Gasteiger partial charge in [0.2, 0.25) is 5.91 Å². The molecule has 24 heavy (non-hydrogen) atoms. The van der Waals surface area contributed by atoms with Crippen LogP contribution in [0.25, 0.3) is 0 Å². The largest absolute Gasteiger partial charge is 0.327 e. The fraction of sp³-hybridized carbons (Fsp3) is 0.300. The van der Waals surface area contributed by atoms with Crippen molar-refractivity contribution in [2.45, 2.75) is 32.2 Å². The van der Waals surface area contributed by atoms with E-state index in [0.29, 0.717) is 18.5 Å². The molecule has 1 N–H and O–H groups in total. The van der Waals surface area contributed by atoms with Gasteiger partial charge in [-0.1, -0.05) is 43.3 Å². The SMILES string of the molecule is CCc1ccccc1NC(=O)[C@H]1CCCN1C(=O)c1ccccc1. The van der Waals surface area contributed by atoms with Gasteiger partial charge in [0, 0.05) is 17.8 Å². The van der Waals surface area contributed by atoms with Crippen LogP contribution in [0.1, 0.15) is 35.7 Å². The fourth-order valence-electron chi connectivity index (χ4n) is 3.20. The summed E-state index contributed by atoms with van der Waals surface area (Å²) >= 11 is 0. The van der Waals surface area contributed by atoms with E-state index in [4.69, 9.17) is 0 Å². The van der Waals surface area contributed by atoms with E-state index in [9.17, 15) is 9.59 Å². The molecule has 2 amide bonds. The molecule has 3 rings (SSSR count). The minimum Gasteiger partial charge on any atom is -0.327 e. The monoisotopic (exact) mass is 322 g/mol. The van der Waals surface area contributed by atoms with Crippen molar-refractivity contribution in [3.63, 3.8) is 0 Å². The first-order chi connectivity index (χ1) is 11.7. The molecule has 2 aromatic rings. The van der Waals surface area contributed by atoms with Crippen molar-refractivity contribution in [2.75, 3.05) is 11.9 Å². The molecule has 0 saturated carbocycles. The first-order valence-corrected chi connectivity index (χ1v) is 8.45. The summed E-state index contributed by atoms with van der Waals surface area (Å²) in [7, 11) is 0. The molecule has 0 spiro atoms. The van der Waals surface area contributed by atoms with Crippen LogP contribution >= 0.6 is 0 Å². The van der Waals surface area contributed by atoms with Gasteiger partial charge in [0.05, 0.1) is 0 Å². The van der Waals surface area contributed by atoms with Crippen LogP contribution in [0.4, 0.5) is 5.69 Å². The third-order valence-electron chi connectivity index (χ3n) is 4.49. The molecule has 0 bridgehead atoms. The first-order valence-electron chi connectivity index (χ1n) is 8.45. The van der Waals surface area contributed by atoms with Gasteiger partial charge in [0.15, 0.2) is 0 Å². The Labute approximate surface area is 142 Å². The van der Waals surface area contributed by atoms with E-state index in [1.54, 1.807) is 17.0 Å². The second kappa shape index (κ2) is 7.30. The number of rotatable bonds is 4. The molecule has 2 aromatic carbocycles. The quantitative estimate of drug-likeness (QED) is 0.936. The van der Waals surface area contributed by atoms with Crippen molar-refractivity contribution in [3.8, 4) is 0 Å². The molecule has 0 aliphatic carbocycles. The van der Waals surface area contributed by atoms with E-state index in [-0.39, 0.29) is 11.8 Å². The molecule has 0 radical (unpaired) electrons. The molecule has 1 aliphatic rings. The Kier molecular flexibility index (Phi) is 4.94. The molecule has 1 atom stereocenters. The number of aryl methyl sites for hydroxylation is 1. The average Bonchev–Trinajstić information content (AvgIpc) is 3.12. The minimum atomic E-state index is -0.400. The van der Waals surface area contributed by atoms with Crippen molar-refractivity contribution < 1.29 is 9.59 Å². The van der Waals surface area contributed by atoms with Gasteiger partial charge >= 0.3 is 0 Å². The highest BCUT2D eigenvalue weighted by Gasteiger charge is 2.34. The lowest BCUT2D eigenvalue weighted by Gasteiger charge is -2.24. The predicted octanol–water partition coefficient (Wildman–Crippen LogP) is 3.49. The van der Waals surface area contributed by atoms with E-state index in [1.165, 1.54) is 0 Å². The predicted molar refractivity (Wildman–Crippen MR) is 95.0 cm³/mol. The number of para-hydroxylation sites is 1. The fourth-order valence-corrected chi connectivity index (χ4v) is 3.20. The molecule has 1 saturated heterocycles. The van der Waals surface area contributed by atoms with Crippen molar-refractivity contribution in [1.82, 2.24) is 4.90 Å². The second-order valence-electron chi connectivity index (χ2n) is 6.02. The van der Waals surface area contributed by atoms with Gasteiger partial charge in [-0.05, 0) is 43.0 Å². The molecular weight excluding hydrogens is 300 g/mol. The van der Waals surface area contributed by atoms with Gasteiger partial charge in [-0.2, -0.15) is 0 Å². The van der Waals surface area contributed by atoms with Crippen molar-refractivity contribution in [2.24, 2.45) is 0 Å². The molecule has 4 nitrogen and oxygen atoms in total. The number of carbonyl (C=O) groups is 2. The summed E-state index contributed by atoms with van der Waals surface area (Å²) in [6.07, 6.45) is 2.42. The molecule has 0 aromatic heterocycles. The summed E-state index contributed by atoms with van der Waals surface area (Å²) in [5, 5.41) is 3.01. The van der Waals surface area contributed by atoms with Crippen molar-refractivity contribution in [3.05, 3.63) is 65.7 Å². The summed E-state index contributed by atoms with van der Waals surface area (Å²) in [5.74, 6) is -0.172. The third kappa shape index (κ3) is 3.32. The number of amides is 2. The Morgan fingerprint density at radius 2 is 1.79 bits per heavy atom. The zero-order valence-electron chi connectivity index (χ0n) is 13.9. The van der Waals surface area contributed by atoms with Crippen LogP contribution in [0.3, 0.4) is 0 Å². The maximum absolute atomic E-state index is 12.7. The number of hydrogen-bond acceptors (Lipinski definition) is 2. The van der Waals surface area contributed by atoms with Crippen molar-refractivity contribution >= 4 is 17.5 Å². The lowest BCUT2D eigenvalue weighted by Crippen LogP contribution is -2.43. The van der Waals surface area contributed by atoms with Crippen LogP contribution in [0.2, 0.25) is 0 Å².